The predicted octanol–water partition coefficient (Wildman–Crippen LogP) is 4.62. The Morgan fingerprint density at radius 1 is 0.821 bits per heavy atom. The first-order chi connectivity index (χ1) is 13.6. The number of aromatic nitrogens is 1. The molecule has 0 fully saturated rings. The van der Waals surface area contributed by atoms with Gasteiger partial charge in [-0.1, -0.05) is 24.3 Å². The number of carbonyl (C=O) groups is 1. The topological polar surface area (TPSA) is 77.3 Å². The minimum Gasteiger partial charge on any atom is -0.493 e. The smallest absolute Gasteiger partial charge is 0.248 e. The van der Waals surface area contributed by atoms with Crippen LogP contribution in [0.3, 0.4) is 0 Å². The number of aromatic amines is 1. The predicted molar refractivity (Wildman–Crippen MR) is 111 cm³/mol. The summed E-state index contributed by atoms with van der Waals surface area (Å²) in [5.41, 5.74) is 11.1. The number of benzene rings is 3. The molecular formula is C23H20N2O3. The summed E-state index contributed by atoms with van der Waals surface area (Å²) in [6.07, 6.45) is 1.97. The van der Waals surface area contributed by atoms with Gasteiger partial charge in [0, 0.05) is 28.2 Å². The van der Waals surface area contributed by atoms with Gasteiger partial charge in [0.05, 0.1) is 14.2 Å². The van der Waals surface area contributed by atoms with E-state index in [1.807, 2.05) is 36.5 Å². The first-order valence-electron chi connectivity index (χ1n) is 8.84. The van der Waals surface area contributed by atoms with Gasteiger partial charge in [-0.2, -0.15) is 0 Å². The number of H-pyrrole nitrogens is 1. The number of hydrogen-bond donors (Lipinski definition) is 2. The fourth-order valence-corrected chi connectivity index (χ4v) is 3.37. The normalized spacial score (nSPS) is 10.8. The van der Waals surface area contributed by atoms with E-state index in [2.05, 4.69) is 23.2 Å². The highest BCUT2D eigenvalue weighted by molar-refractivity contribution is 5.99. The highest BCUT2D eigenvalue weighted by Gasteiger charge is 2.11. The lowest BCUT2D eigenvalue weighted by Crippen LogP contribution is -2.10. The van der Waals surface area contributed by atoms with Gasteiger partial charge < -0.3 is 20.2 Å². The van der Waals surface area contributed by atoms with Crippen molar-refractivity contribution in [3.63, 3.8) is 0 Å². The minimum absolute atomic E-state index is 0.429. The number of carbonyl (C=O) groups excluding carboxylic acids is 1. The summed E-state index contributed by atoms with van der Waals surface area (Å²) in [6, 6.07) is 19.5. The quantitative estimate of drug-likeness (QED) is 0.537. The number of nitrogens with two attached hydrogens (primary N) is 1. The molecule has 28 heavy (non-hydrogen) atoms. The summed E-state index contributed by atoms with van der Waals surface area (Å²) in [5.74, 6) is 0.960. The van der Waals surface area contributed by atoms with Crippen molar-refractivity contribution in [1.82, 2.24) is 4.98 Å². The van der Waals surface area contributed by atoms with Crippen LogP contribution in [0, 0.1) is 0 Å². The Labute approximate surface area is 162 Å². The Kier molecular flexibility index (Phi) is 4.49. The summed E-state index contributed by atoms with van der Waals surface area (Å²) in [5, 5.41) is 1.10. The number of primary amides is 1. The van der Waals surface area contributed by atoms with Gasteiger partial charge in [-0.05, 0) is 53.1 Å². The summed E-state index contributed by atoms with van der Waals surface area (Å²) < 4.78 is 10.8. The maximum Gasteiger partial charge on any atom is 0.248 e. The van der Waals surface area contributed by atoms with Gasteiger partial charge in [0.2, 0.25) is 5.91 Å². The molecule has 0 saturated carbocycles. The molecule has 0 aliphatic carbocycles. The van der Waals surface area contributed by atoms with Crippen LogP contribution >= 0.6 is 0 Å². The number of amides is 1. The third-order valence-corrected chi connectivity index (χ3v) is 4.88. The maximum absolute atomic E-state index is 11.3. The number of fused-ring (bicyclic) bond motifs is 1. The lowest BCUT2D eigenvalue weighted by atomic mass is 9.99. The molecule has 0 atom stereocenters. The molecule has 3 N–H and O–H groups in total. The van der Waals surface area contributed by atoms with Crippen molar-refractivity contribution in [3.05, 3.63) is 72.4 Å². The average Bonchev–Trinajstić information content (AvgIpc) is 3.16. The summed E-state index contributed by atoms with van der Waals surface area (Å²) in [4.78, 5) is 14.6. The fourth-order valence-electron chi connectivity index (χ4n) is 3.37. The molecule has 0 bridgehead atoms. The van der Waals surface area contributed by atoms with Gasteiger partial charge in [0.1, 0.15) is 0 Å². The molecule has 1 amide bonds. The fraction of sp³-hybridized carbons (Fsp3) is 0.0870. The Balaban J connectivity index is 1.79. The van der Waals surface area contributed by atoms with E-state index < -0.39 is 5.91 Å². The van der Waals surface area contributed by atoms with Gasteiger partial charge in [-0.25, -0.2) is 0 Å². The Morgan fingerprint density at radius 3 is 2.14 bits per heavy atom. The van der Waals surface area contributed by atoms with E-state index in [9.17, 15) is 4.79 Å². The summed E-state index contributed by atoms with van der Waals surface area (Å²) in [7, 11) is 3.25. The van der Waals surface area contributed by atoms with Crippen LogP contribution < -0.4 is 15.2 Å². The molecule has 0 saturated heterocycles. The average molecular weight is 372 g/mol. The Morgan fingerprint density at radius 2 is 1.46 bits per heavy atom. The molecule has 0 aliphatic heterocycles. The van der Waals surface area contributed by atoms with Crippen LogP contribution in [0.25, 0.3) is 33.2 Å². The molecule has 140 valence electrons. The molecule has 4 aromatic rings. The molecule has 5 nitrogen and oxygen atoms in total. The van der Waals surface area contributed by atoms with Crippen LogP contribution in [0.2, 0.25) is 0 Å². The van der Waals surface area contributed by atoms with Crippen LogP contribution in [0.5, 0.6) is 11.5 Å². The van der Waals surface area contributed by atoms with E-state index in [1.54, 1.807) is 26.4 Å². The van der Waals surface area contributed by atoms with E-state index in [4.69, 9.17) is 15.2 Å². The zero-order valence-corrected chi connectivity index (χ0v) is 15.7. The van der Waals surface area contributed by atoms with E-state index >= 15 is 0 Å². The number of ether oxygens (including phenoxy) is 2. The number of methoxy groups -OCH3 is 2. The second kappa shape index (κ2) is 7.12. The molecule has 0 aliphatic rings. The second-order valence-electron chi connectivity index (χ2n) is 6.47. The van der Waals surface area contributed by atoms with Crippen LogP contribution in [-0.4, -0.2) is 25.1 Å². The third-order valence-electron chi connectivity index (χ3n) is 4.88. The van der Waals surface area contributed by atoms with Crippen molar-refractivity contribution in [2.45, 2.75) is 0 Å². The van der Waals surface area contributed by atoms with Crippen molar-refractivity contribution in [1.29, 1.82) is 0 Å². The van der Waals surface area contributed by atoms with E-state index in [-0.39, 0.29) is 0 Å². The van der Waals surface area contributed by atoms with Gasteiger partial charge in [-0.15, -0.1) is 0 Å². The lowest BCUT2D eigenvalue weighted by Gasteiger charge is -2.10. The van der Waals surface area contributed by atoms with Crippen molar-refractivity contribution in [2.75, 3.05) is 14.2 Å². The molecule has 4 rings (SSSR count). The van der Waals surface area contributed by atoms with Crippen molar-refractivity contribution >= 4 is 16.8 Å². The molecule has 1 aromatic heterocycles. The highest BCUT2D eigenvalue weighted by Crippen LogP contribution is 2.35. The summed E-state index contributed by atoms with van der Waals surface area (Å²) >= 11 is 0. The van der Waals surface area contributed by atoms with Gasteiger partial charge in [0.15, 0.2) is 11.5 Å². The zero-order valence-electron chi connectivity index (χ0n) is 15.7. The summed E-state index contributed by atoms with van der Waals surface area (Å²) in [6.45, 7) is 0. The van der Waals surface area contributed by atoms with E-state index in [0.717, 1.165) is 33.2 Å². The molecule has 0 radical (unpaired) electrons. The Hall–Kier alpha value is -3.73. The number of rotatable bonds is 5. The van der Waals surface area contributed by atoms with Crippen molar-refractivity contribution in [3.8, 4) is 33.8 Å². The van der Waals surface area contributed by atoms with Crippen LogP contribution in [-0.2, 0) is 0 Å². The molecule has 1 heterocycles. The second-order valence-corrected chi connectivity index (χ2v) is 6.47. The van der Waals surface area contributed by atoms with Crippen LogP contribution in [0.1, 0.15) is 10.4 Å². The molecule has 0 spiro atoms. The van der Waals surface area contributed by atoms with Gasteiger partial charge >= 0.3 is 0 Å². The largest absolute Gasteiger partial charge is 0.493 e. The standard InChI is InChI=1S/C23H20N2O3/c1-27-21-10-8-17(12-22(21)28-2)16-7-9-20-18(11-16)19(13-25-20)14-3-5-15(6-4-14)23(24)26/h3-13,25H,1-2H3,(H2,24,26). The zero-order chi connectivity index (χ0) is 19.7. The minimum atomic E-state index is -0.429. The SMILES string of the molecule is COc1ccc(-c2ccc3[nH]cc(-c4ccc(C(N)=O)cc4)c3c2)cc1OC. The van der Waals surface area contributed by atoms with Gasteiger partial charge in [0.25, 0.3) is 0 Å². The monoisotopic (exact) mass is 372 g/mol. The molecular weight excluding hydrogens is 352 g/mol. The van der Waals surface area contributed by atoms with Crippen molar-refractivity contribution in [2.24, 2.45) is 5.73 Å². The number of nitrogens with one attached hydrogen (secondary N) is 1. The van der Waals surface area contributed by atoms with E-state index in [1.165, 1.54) is 0 Å². The molecule has 0 unspecified atom stereocenters. The number of hydrogen-bond acceptors (Lipinski definition) is 3. The molecule has 5 heteroatoms. The third kappa shape index (κ3) is 3.07. The van der Waals surface area contributed by atoms with Crippen molar-refractivity contribution < 1.29 is 14.3 Å². The maximum atomic E-state index is 11.3. The van der Waals surface area contributed by atoms with Crippen LogP contribution in [0.15, 0.2) is 66.9 Å². The first-order valence-corrected chi connectivity index (χ1v) is 8.84. The molecule has 3 aromatic carbocycles. The Bertz CT molecular complexity index is 1160. The highest BCUT2D eigenvalue weighted by atomic mass is 16.5. The van der Waals surface area contributed by atoms with E-state index in [0.29, 0.717) is 17.1 Å². The van der Waals surface area contributed by atoms with Crippen LogP contribution in [0.4, 0.5) is 0 Å². The van der Waals surface area contributed by atoms with Gasteiger partial charge in [-0.3, -0.25) is 4.79 Å². The first kappa shape index (κ1) is 17.7. The lowest BCUT2D eigenvalue weighted by molar-refractivity contribution is 0.100.